The summed E-state index contributed by atoms with van der Waals surface area (Å²) in [6.45, 7) is 3.93. The summed E-state index contributed by atoms with van der Waals surface area (Å²) in [5, 5.41) is 2.94. The number of benzene rings is 2. The van der Waals surface area contributed by atoms with Crippen LogP contribution in [0.2, 0.25) is 0 Å². The first kappa shape index (κ1) is 19.5. The van der Waals surface area contributed by atoms with E-state index < -0.39 is 10.0 Å². The van der Waals surface area contributed by atoms with Gasteiger partial charge in [-0.05, 0) is 60.7 Å². The van der Waals surface area contributed by atoms with E-state index in [4.69, 9.17) is 0 Å². The van der Waals surface area contributed by atoms with Gasteiger partial charge < -0.3 is 5.32 Å². The van der Waals surface area contributed by atoms with E-state index in [9.17, 15) is 17.6 Å². The quantitative estimate of drug-likeness (QED) is 0.761. The summed E-state index contributed by atoms with van der Waals surface area (Å²) in [5.74, 6) is -0.539. The molecule has 5 nitrogen and oxygen atoms in total. The highest BCUT2D eigenvalue weighted by atomic mass is 32.2. The van der Waals surface area contributed by atoms with Crippen LogP contribution in [0.4, 0.5) is 4.39 Å². The molecule has 0 saturated heterocycles. The van der Waals surface area contributed by atoms with Gasteiger partial charge in [0.05, 0.1) is 10.9 Å². The molecule has 3 rings (SSSR count). The van der Waals surface area contributed by atoms with Crippen molar-refractivity contribution in [2.75, 3.05) is 0 Å². The number of halogens is 1. The van der Waals surface area contributed by atoms with E-state index in [1.807, 2.05) is 13.8 Å². The van der Waals surface area contributed by atoms with Crippen LogP contribution in [-0.2, 0) is 10.0 Å². The van der Waals surface area contributed by atoms with Gasteiger partial charge in [0.15, 0.2) is 0 Å². The van der Waals surface area contributed by atoms with Gasteiger partial charge in [0.1, 0.15) is 5.82 Å². The lowest BCUT2D eigenvalue weighted by Crippen LogP contribution is -2.32. The Kier molecular flexibility index (Phi) is 5.62. The Balaban J connectivity index is 1.73. The third kappa shape index (κ3) is 4.93. The molecule has 144 valence electrons. The van der Waals surface area contributed by atoms with Gasteiger partial charge in [-0.2, -0.15) is 0 Å². The second kappa shape index (κ2) is 7.78. The molecule has 0 aliphatic heterocycles. The zero-order chi connectivity index (χ0) is 19.6. The highest BCUT2D eigenvalue weighted by Gasteiger charge is 2.28. The van der Waals surface area contributed by atoms with Crippen molar-refractivity contribution in [3.63, 3.8) is 0 Å². The normalized spacial score (nSPS) is 15.6. The summed E-state index contributed by atoms with van der Waals surface area (Å²) < 4.78 is 40.2. The van der Waals surface area contributed by atoms with Gasteiger partial charge in [-0.25, -0.2) is 17.5 Å². The number of carbonyl (C=O) groups excluding carboxylic acids is 1. The largest absolute Gasteiger partial charge is 0.345 e. The third-order valence-electron chi connectivity index (χ3n) is 4.51. The highest BCUT2D eigenvalue weighted by Crippen LogP contribution is 2.24. The van der Waals surface area contributed by atoms with E-state index >= 15 is 0 Å². The zero-order valence-corrected chi connectivity index (χ0v) is 16.1. The van der Waals surface area contributed by atoms with E-state index in [2.05, 4.69) is 10.0 Å². The monoisotopic (exact) mass is 390 g/mol. The zero-order valence-electron chi connectivity index (χ0n) is 15.3. The number of hydrogen-bond donors (Lipinski definition) is 2. The van der Waals surface area contributed by atoms with E-state index in [-0.39, 0.29) is 34.6 Å². The number of nitrogens with one attached hydrogen (secondary N) is 2. The molecular formula is C20H23FN2O3S. The molecule has 1 saturated carbocycles. The highest BCUT2D eigenvalue weighted by molar-refractivity contribution is 7.89. The van der Waals surface area contributed by atoms with Crippen LogP contribution in [0.15, 0.2) is 53.4 Å². The Bertz CT molecular complexity index is 905. The second-order valence-electron chi connectivity index (χ2n) is 7.17. The predicted molar refractivity (Wildman–Crippen MR) is 101 cm³/mol. The Morgan fingerprint density at radius 2 is 1.63 bits per heavy atom. The maximum Gasteiger partial charge on any atom is 0.251 e. The minimum Gasteiger partial charge on any atom is -0.345 e. The summed E-state index contributed by atoms with van der Waals surface area (Å²) in [6.07, 6.45) is 1.72. The summed E-state index contributed by atoms with van der Waals surface area (Å²) >= 11 is 0. The predicted octanol–water partition coefficient (Wildman–Crippen LogP) is 3.39. The van der Waals surface area contributed by atoms with E-state index in [1.165, 1.54) is 36.4 Å². The summed E-state index contributed by atoms with van der Waals surface area (Å²) in [4.78, 5) is 12.7. The van der Waals surface area contributed by atoms with Crippen LogP contribution in [0.1, 0.15) is 48.7 Å². The van der Waals surface area contributed by atoms with Crippen LogP contribution in [-0.4, -0.2) is 20.4 Å². The first-order valence-corrected chi connectivity index (χ1v) is 10.4. The van der Waals surface area contributed by atoms with Crippen LogP contribution in [0.5, 0.6) is 0 Å². The Morgan fingerprint density at radius 1 is 1.04 bits per heavy atom. The van der Waals surface area contributed by atoms with Gasteiger partial charge in [0, 0.05) is 11.6 Å². The summed E-state index contributed by atoms with van der Waals surface area (Å²) in [7, 11) is -3.54. The second-order valence-corrected chi connectivity index (χ2v) is 8.88. The number of sulfonamides is 1. The van der Waals surface area contributed by atoms with Gasteiger partial charge >= 0.3 is 0 Å². The Hall–Kier alpha value is -2.25. The summed E-state index contributed by atoms with van der Waals surface area (Å²) in [6, 6.07) is 11.6. The smallest absolute Gasteiger partial charge is 0.251 e. The fourth-order valence-corrected chi connectivity index (χ4v) is 4.11. The number of carbonyl (C=O) groups is 1. The average molecular weight is 390 g/mol. The standard InChI is InChI=1S/C20H23FN2O3S/c1-13(2)19(14-3-7-16(21)8-4-14)22-20(24)15-5-11-18(12-6-15)27(25,26)23-17-9-10-17/h3-8,11-13,17,19,23H,9-10H2,1-2H3,(H,22,24)/t19-/m0/s1. The maximum absolute atomic E-state index is 13.2. The lowest BCUT2D eigenvalue weighted by Gasteiger charge is -2.23. The van der Waals surface area contributed by atoms with Crippen molar-refractivity contribution in [3.05, 3.63) is 65.5 Å². The van der Waals surface area contributed by atoms with Crippen LogP contribution < -0.4 is 10.0 Å². The minimum atomic E-state index is -3.54. The molecule has 1 aliphatic carbocycles. The number of hydrogen-bond acceptors (Lipinski definition) is 3. The van der Waals surface area contributed by atoms with Gasteiger partial charge in [-0.1, -0.05) is 26.0 Å². The first-order chi connectivity index (χ1) is 12.8. The molecule has 0 spiro atoms. The van der Waals surface area contributed by atoms with Crippen LogP contribution in [0, 0.1) is 11.7 Å². The van der Waals surface area contributed by atoms with Crippen molar-refractivity contribution >= 4 is 15.9 Å². The van der Waals surface area contributed by atoms with Crippen molar-refractivity contribution in [2.45, 2.75) is 43.7 Å². The van der Waals surface area contributed by atoms with Crippen molar-refractivity contribution in [2.24, 2.45) is 5.92 Å². The molecule has 27 heavy (non-hydrogen) atoms. The van der Waals surface area contributed by atoms with Crippen molar-refractivity contribution in [3.8, 4) is 0 Å². The van der Waals surface area contributed by atoms with E-state index in [1.54, 1.807) is 12.1 Å². The first-order valence-electron chi connectivity index (χ1n) is 8.95. The van der Waals surface area contributed by atoms with E-state index in [0.29, 0.717) is 5.56 Å². The fraction of sp³-hybridized carbons (Fsp3) is 0.350. The van der Waals surface area contributed by atoms with Gasteiger partial charge in [-0.3, -0.25) is 4.79 Å². The molecule has 7 heteroatoms. The molecule has 1 aliphatic rings. The number of amides is 1. The maximum atomic E-state index is 13.2. The molecule has 0 unspecified atom stereocenters. The van der Waals surface area contributed by atoms with Crippen molar-refractivity contribution in [1.29, 1.82) is 0 Å². The van der Waals surface area contributed by atoms with Crippen LogP contribution in [0.3, 0.4) is 0 Å². The molecule has 2 N–H and O–H groups in total. The molecule has 1 atom stereocenters. The number of rotatable bonds is 7. The van der Waals surface area contributed by atoms with Gasteiger partial charge in [0.2, 0.25) is 10.0 Å². The molecule has 0 bridgehead atoms. The SMILES string of the molecule is CC(C)[C@H](NC(=O)c1ccc(S(=O)(=O)NC2CC2)cc1)c1ccc(F)cc1. The molecule has 0 aromatic heterocycles. The Labute approximate surface area is 159 Å². The lowest BCUT2D eigenvalue weighted by atomic mass is 9.95. The van der Waals surface area contributed by atoms with Crippen LogP contribution >= 0.6 is 0 Å². The fourth-order valence-electron chi connectivity index (χ4n) is 2.80. The van der Waals surface area contributed by atoms with Crippen molar-refractivity contribution in [1.82, 2.24) is 10.0 Å². The molecule has 2 aromatic carbocycles. The molecule has 1 amide bonds. The van der Waals surface area contributed by atoms with E-state index in [0.717, 1.165) is 18.4 Å². The Morgan fingerprint density at radius 3 is 2.15 bits per heavy atom. The lowest BCUT2D eigenvalue weighted by molar-refractivity contribution is 0.0925. The average Bonchev–Trinajstić information content (AvgIpc) is 3.43. The third-order valence-corrected chi connectivity index (χ3v) is 6.04. The van der Waals surface area contributed by atoms with Crippen LogP contribution in [0.25, 0.3) is 0 Å². The molecule has 1 fully saturated rings. The minimum absolute atomic E-state index is 0.0282. The van der Waals surface area contributed by atoms with Crippen molar-refractivity contribution < 1.29 is 17.6 Å². The molecule has 0 heterocycles. The molecular weight excluding hydrogens is 367 g/mol. The van der Waals surface area contributed by atoms with Gasteiger partial charge in [-0.15, -0.1) is 0 Å². The molecule has 0 radical (unpaired) electrons. The summed E-state index contributed by atoms with van der Waals surface area (Å²) in [5.41, 5.74) is 1.18. The van der Waals surface area contributed by atoms with Gasteiger partial charge in [0.25, 0.3) is 5.91 Å². The topological polar surface area (TPSA) is 75.3 Å². The molecule has 2 aromatic rings.